The van der Waals surface area contributed by atoms with E-state index in [-0.39, 0.29) is 35.2 Å². The molecule has 0 aliphatic carbocycles. The average molecular weight is 656 g/mol. The number of nitrogens with one attached hydrogen (secondary N) is 2. The summed E-state index contributed by atoms with van der Waals surface area (Å²) in [7, 11) is 0. The third-order valence-corrected chi connectivity index (χ3v) is 10.2. The second-order valence-electron chi connectivity index (χ2n) is 14.5. The van der Waals surface area contributed by atoms with E-state index in [9.17, 15) is 14.4 Å². The van der Waals surface area contributed by atoms with Crippen molar-refractivity contribution in [1.29, 1.82) is 0 Å². The standard InChI is InChI=1S/C41H45N5O3/c1-24(2)18-39(48)45-16-6-8-36(45)34-22-38(47)32-21-30(14-15-33(32)43-34)28-10-11-29-20-31(13-12-27(29)19-28)35-23-42-40(44-35)37-9-7-17-46(37)41(49)26(5)25(3)4/h10-15,19-25,36-37H,5-9,16-18H2,1-4H3,(H,42,44)(H,43,47)/t36?,37-/m0/s1. The van der Waals surface area contributed by atoms with Crippen molar-refractivity contribution >= 4 is 33.5 Å². The van der Waals surface area contributed by atoms with Gasteiger partial charge in [-0.2, -0.15) is 0 Å². The van der Waals surface area contributed by atoms with Gasteiger partial charge in [0.15, 0.2) is 5.43 Å². The van der Waals surface area contributed by atoms with E-state index in [1.807, 2.05) is 48.0 Å². The molecule has 7 rings (SSSR count). The first-order valence-electron chi connectivity index (χ1n) is 17.6. The normalized spacial score (nSPS) is 18.0. The van der Waals surface area contributed by atoms with E-state index < -0.39 is 0 Å². The van der Waals surface area contributed by atoms with Gasteiger partial charge in [0.1, 0.15) is 5.82 Å². The summed E-state index contributed by atoms with van der Waals surface area (Å²) in [5.41, 5.74) is 6.16. The first kappa shape index (κ1) is 32.6. The fraction of sp³-hybridized carbons (Fsp3) is 0.366. The fourth-order valence-corrected chi connectivity index (χ4v) is 7.45. The quantitative estimate of drug-likeness (QED) is 0.164. The minimum absolute atomic E-state index is 0.0170. The molecule has 2 saturated heterocycles. The number of hydrogen-bond donors (Lipinski definition) is 2. The highest BCUT2D eigenvalue weighted by molar-refractivity contribution is 5.94. The number of fused-ring (bicyclic) bond motifs is 2. The summed E-state index contributed by atoms with van der Waals surface area (Å²) < 4.78 is 0. The van der Waals surface area contributed by atoms with Crippen LogP contribution in [0, 0.1) is 11.8 Å². The third kappa shape index (κ3) is 6.32. The SMILES string of the molecule is C=C(C(=O)N1CCC[C@H]1c1ncc(-c2ccc3cc(-c4ccc5[nH]c(C6CCCN6C(=O)CC(C)C)cc(=O)c5c4)ccc3c2)[nH]1)C(C)C. The topological polar surface area (TPSA) is 102 Å². The molecule has 2 N–H and O–H groups in total. The molecule has 252 valence electrons. The lowest BCUT2D eigenvalue weighted by Crippen LogP contribution is -2.33. The van der Waals surface area contributed by atoms with E-state index in [2.05, 4.69) is 66.8 Å². The van der Waals surface area contributed by atoms with Crippen LogP contribution in [-0.2, 0) is 9.59 Å². The van der Waals surface area contributed by atoms with E-state index in [1.54, 1.807) is 6.07 Å². The molecule has 0 bridgehead atoms. The maximum atomic E-state index is 13.4. The van der Waals surface area contributed by atoms with Gasteiger partial charge >= 0.3 is 0 Å². The van der Waals surface area contributed by atoms with Gasteiger partial charge in [-0.1, -0.05) is 64.6 Å². The Balaban J connectivity index is 1.11. The van der Waals surface area contributed by atoms with Crippen molar-refractivity contribution in [2.75, 3.05) is 13.1 Å². The predicted octanol–water partition coefficient (Wildman–Crippen LogP) is 8.32. The maximum absolute atomic E-state index is 13.4. The van der Waals surface area contributed by atoms with E-state index in [0.717, 1.165) is 89.0 Å². The molecule has 8 heteroatoms. The van der Waals surface area contributed by atoms with Crippen LogP contribution in [0.3, 0.4) is 0 Å². The largest absolute Gasteiger partial charge is 0.356 e. The molecule has 49 heavy (non-hydrogen) atoms. The number of carbonyl (C=O) groups excluding carboxylic acids is 2. The van der Waals surface area contributed by atoms with E-state index >= 15 is 0 Å². The van der Waals surface area contributed by atoms with Gasteiger partial charge in [-0.25, -0.2) is 4.98 Å². The van der Waals surface area contributed by atoms with Gasteiger partial charge in [0.05, 0.1) is 24.0 Å². The molecule has 2 amide bonds. The lowest BCUT2D eigenvalue weighted by molar-refractivity contribution is -0.133. The van der Waals surface area contributed by atoms with Crippen LogP contribution in [0.1, 0.15) is 83.4 Å². The fourth-order valence-electron chi connectivity index (χ4n) is 7.45. The molecule has 3 aromatic carbocycles. The Labute approximate surface area is 287 Å². The lowest BCUT2D eigenvalue weighted by Gasteiger charge is -2.26. The Morgan fingerprint density at radius 2 is 1.49 bits per heavy atom. The lowest BCUT2D eigenvalue weighted by atomic mass is 9.98. The van der Waals surface area contributed by atoms with Crippen LogP contribution in [0.5, 0.6) is 0 Å². The van der Waals surface area contributed by atoms with Crippen LogP contribution in [0.2, 0.25) is 0 Å². The highest BCUT2D eigenvalue weighted by Crippen LogP contribution is 2.35. The summed E-state index contributed by atoms with van der Waals surface area (Å²) >= 11 is 0. The zero-order chi connectivity index (χ0) is 34.4. The Morgan fingerprint density at radius 1 is 0.837 bits per heavy atom. The van der Waals surface area contributed by atoms with Gasteiger partial charge in [0.25, 0.3) is 0 Å². The molecule has 5 aromatic rings. The number of H-pyrrole nitrogens is 2. The predicted molar refractivity (Wildman–Crippen MR) is 196 cm³/mol. The Bertz CT molecular complexity index is 2140. The molecule has 2 aliphatic rings. The smallest absolute Gasteiger partial charge is 0.250 e. The molecule has 2 aromatic heterocycles. The summed E-state index contributed by atoms with van der Waals surface area (Å²) in [6, 6.07) is 20.2. The number of rotatable bonds is 8. The first-order chi connectivity index (χ1) is 23.6. The third-order valence-electron chi connectivity index (χ3n) is 10.2. The van der Waals surface area contributed by atoms with Gasteiger partial charge in [-0.05, 0) is 83.7 Å². The van der Waals surface area contributed by atoms with Gasteiger partial charge in [0.2, 0.25) is 11.8 Å². The van der Waals surface area contributed by atoms with Crippen molar-refractivity contribution in [3.8, 4) is 22.4 Å². The molecule has 0 spiro atoms. The van der Waals surface area contributed by atoms with Crippen LogP contribution < -0.4 is 5.43 Å². The Morgan fingerprint density at radius 3 is 2.22 bits per heavy atom. The van der Waals surface area contributed by atoms with Crippen molar-refractivity contribution in [3.05, 3.63) is 101 Å². The monoisotopic (exact) mass is 655 g/mol. The molecule has 2 fully saturated rings. The van der Waals surface area contributed by atoms with Crippen molar-refractivity contribution < 1.29 is 9.59 Å². The highest BCUT2D eigenvalue weighted by atomic mass is 16.2. The van der Waals surface area contributed by atoms with Gasteiger partial charge in [-0.15, -0.1) is 0 Å². The molecular formula is C41H45N5O3. The summed E-state index contributed by atoms with van der Waals surface area (Å²) in [5.74, 6) is 1.39. The number of aromatic nitrogens is 3. The number of benzene rings is 3. The number of imidazole rings is 1. The molecular weight excluding hydrogens is 610 g/mol. The number of pyridine rings is 1. The Hall–Kier alpha value is -4.98. The van der Waals surface area contributed by atoms with Gasteiger partial charge in [0, 0.05) is 53.3 Å². The number of carbonyl (C=O) groups is 2. The first-order valence-corrected chi connectivity index (χ1v) is 17.6. The number of aromatic amines is 2. The van der Waals surface area contributed by atoms with Crippen molar-refractivity contribution in [2.24, 2.45) is 11.8 Å². The molecule has 2 aliphatic heterocycles. The van der Waals surface area contributed by atoms with Crippen LogP contribution in [-0.4, -0.2) is 49.7 Å². The summed E-state index contributed by atoms with van der Waals surface area (Å²) in [6.45, 7) is 13.6. The Kier molecular flexibility index (Phi) is 8.73. The minimum atomic E-state index is -0.0847. The zero-order valence-corrected chi connectivity index (χ0v) is 28.9. The molecule has 4 heterocycles. The van der Waals surface area contributed by atoms with Gasteiger partial charge in [-0.3, -0.25) is 14.4 Å². The van der Waals surface area contributed by atoms with Crippen LogP contribution >= 0.6 is 0 Å². The number of amides is 2. The van der Waals surface area contributed by atoms with Crippen molar-refractivity contribution in [2.45, 2.75) is 71.9 Å². The maximum Gasteiger partial charge on any atom is 0.250 e. The summed E-state index contributed by atoms with van der Waals surface area (Å²) in [4.78, 5) is 54.9. The summed E-state index contributed by atoms with van der Waals surface area (Å²) in [6.07, 6.45) is 6.00. The molecule has 0 saturated carbocycles. The molecule has 0 radical (unpaired) electrons. The molecule has 8 nitrogen and oxygen atoms in total. The van der Waals surface area contributed by atoms with Crippen LogP contribution in [0.25, 0.3) is 44.1 Å². The van der Waals surface area contributed by atoms with Gasteiger partial charge < -0.3 is 19.8 Å². The van der Waals surface area contributed by atoms with Crippen LogP contribution in [0.15, 0.2) is 83.8 Å². The van der Waals surface area contributed by atoms with Crippen LogP contribution in [0.4, 0.5) is 0 Å². The highest BCUT2D eigenvalue weighted by Gasteiger charge is 2.34. The van der Waals surface area contributed by atoms with E-state index in [4.69, 9.17) is 4.98 Å². The van der Waals surface area contributed by atoms with Crippen molar-refractivity contribution in [3.63, 3.8) is 0 Å². The zero-order valence-electron chi connectivity index (χ0n) is 28.9. The average Bonchev–Trinajstić information content (AvgIpc) is 3.88. The van der Waals surface area contributed by atoms with Crippen molar-refractivity contribution in [1.82, 2.24) is 24.8 Å². The number of nitrogens with zero attached hydrogens (tertiary/aromatic N) is 3. The molecule has 2 atom stereocenters. The second-order valence-corrected chi connectivity index (χ2v) is 14.5. The number of likely N-dealkylation sites (tertiary alicyclic amines) is 2. The summed E-state index contributed by atoms with van der Waals surface area (Å²) in [5, 5.41) is 2.83. The number of hydrogen-bond acceptors (Lipinski definition) is 4. The molecule has 1 unspecified atom stereocenters. The van der Waals surface area contributed by atoms with E-state index in [1.165, 1.54) is 0 Å². The minimum Gasteiger partial charge on any atom is -0.356 e. The van der Waals surface area contributed by atoms with E-state index in [0.29, 0.717) is 23.3 Å². The second kappa shape index (κ2) is 13.1.